The zero-order chi connectivity index (χ0) is 15.7. The number of hydrogen-bond acceptors (Lipinski definition) is 4. The fourth-order valence-corrected chi connectivity index (χ4v) is 2.64. The minimum Gasteiger partial charge on any atom is -0.300 e. The van der Waals surface area contributed by atoms with Gasteiger partial charge in [0.1, 0.15) is 17.4 Å². The number of nitrogens with one attached hydrogen (secondary N) is 1. The van der Waals surface area contributed by atoms with Gasteiger partial charge in [0, 0.05) is 10.9 Å². The van der Waals surface area contributed by atoms with Gasteiger partial charge in [-0.3, -0.25) is 4.79 Å². The number of aromatic amines is 1. The van der Waals surface area contributed by atoms with Gasteiger partial charge in [0.15, 0.2) is 5.16 Å². The molecule has 2 aromatic carbocycles. The van der Waals surface area contributed by atoms with Gasteiger partial charge in [-0.25, -0.2) is 9.37 Å². The molecule has 3 rings (SSSR count). The van der Waals surface area contributed by atoms with E-state index in [4.69, 9.17) is 0 Å². The van der Waals surface area contributed by atoms with E-state index in [1.807, 2.05) is 6.07 Å². The van der Waals surface area contributed by atoms with Gasteiger partial charge in [-0.15, -0.1) is 0 Å². The lowest BCUT2D eigenvalue weighted by Gasteiger charge is -2.08. The smallest absolute Gasteiger partial charge is 0.270 e. The third-order valence-corrected chi connectivity index (χ3v) is 3.90. The molecule has 1 N–H and O–H groups in total. The van der Waals surface area contributed by atoms with E-state index >= 15 is 0 Å². The van der Waals surface area contributed by atoms with E-state index in [0.29, 0.717) is 10.5 Å². The lowest BCUT2D eigenvalue weighted by molar-refractivity contribution is 0.642. The normalized spacial score (nSPS) is 10.6. The Morgan fingerprint density at radius 1 is 1.27 bits per heavy atom. The number of halogens is 1. The lowest BCUT2D eigenvalue weighted by Crippen LogP contribution is -2.15. The standard InChI is InChI=1S/C16H10FN3OS/c1-22-16-19-14(12(8-18)15(21)20-16)11-7-6-9-4-2-3-5-10(9)13(11)17/h2-7H,1H3,(H,19,20,21). The van der Waals surface area contributed by atoms with Crippen LogP contribution >= 0.6 is 11.8 Å². The Kier molecular flexibility index (Phi) is 3.65. The monoisotopic (exact) mass is 311 g/mol. The van der Waals surface area contributed by atoms with Crippen LogP contribution in [-0.4, -0.2) is 16.2 Å². The number of nitriles is 1. The molecular formula is C16H10FN3OS. The third-order valence-electron chi connectivity index (χ3n) is 3.32. The van der Waals surface area contributed by atoms with Crippen molar-refractivity contribution in [3.8, 4) is 17.3 Å². The van der Waals surface area contributed by atoms with Crippen LogP contribution in [0.5, 0.6) is 0 Å². The average Bonchev–Trinajstić information content (AvgIpc) is 2.54. The van der Waals surface area contributed by atoms with Crippen LogP contribution in [0.15, 0.2) is 46.3 Å². The Hall–Kier alpha value is -2.65. The van der Waals surface area contributed by atoms with Crippen molar-refractivity contribution in [1.29, 1.82) is 5.26 Å². The molecule has 0 unspecified atom stereocenters. The second-order valence-corrected chi connectivity index (χ2v) is 5.35. The molecule has 0 aliphatic rings. The summed E-state index contributed by atoms with van der Waals surface area (Å²) in [6.07, 6.45) is 1.74. The molecule has 22 heavy (non-hydrogen) atoms. The summed E-state index contributed by atoms with van der Waals surface area (Å²) in [7, 11) is 0. The van der Waals surface area contributed by atoms with Gasteiger partial charge in [0.05, 0.1) is 5.69 Å². The van der Waals surface area contributed by atoms with Crippen LogP contribution in [0, 0.1) is 17.1 Å². The van der Waals surface area contributed by atoms with E-state index in [1.165, 1.54) is 11.8 Å². The lowest BCUT2D eigenvalue weighted by atomic mass is 10.0. The van der Waals surface area contributed by atoms with E-state index < -0.39 is 11.4 Å². The summed E-state index contributed by atoms with van der Waals surface area (Å²) in [5, 5.41) is 10.7. The van der Waals surface area contributed by atoms with E-state index in [-0.39, 0.29) is 16.8 Å². The van der Waals surface area contributed by atoms with Crippen molar-refractivity contribution in [2.24, 2.45) is 0 Å². The van der Waals surface area contributed by atoms with Crippen molar-refractivity contribution in [2.75, 3.05) is 6.26 Å². The van der Waals surface area contributed by atoms with Crippen molar-refractivity contribution < 1.29 is 4.39 Å². The van der Waals surface area contributed by atoms with Gasteiger partial charge >= 0.3 is 0 Å². The maximum atomic E-state index is 14.8. The van der Waals surface area contributed by atoms with Gasteiger partial charge in [-0.1, -0.05) is 42.1 Å². The first-order chi connectivity index (χ1) is 10.7. The highest BCUT2D eigenvalue weighted by molar-refractivity contribution is 7.98. The summed E-state index contributed by atoms with van der Waals surface area (Å²) < 4.78 is 14.8. The minimum absolute atomic E-state index is 0.0684. The van der Waals surface area contributed by atoms with E-state index in [2.05, 4.69) is 9.97 Å². The van der Waals surface area contributed by atoms with Gasteiger partial charge in [0.25, 0.3) is 5.56 Å². The van der Waals surface area contributed by atoms with Crippen molar-refractivity contribution in [1.82, 2.24) is 9.97 Å². The van der Waals surface area contributed by atoms with Crippen LogP contribution < -0.4 is 5.56 Å². The molecule has 3 aromatic rings. The van der Waals surface area contributed by atoms with Crippen molar-refractivity contribution in [2.45, 2.75) is 5.16 Å². The molecule has 0 amide bonds. The highest BCUT2D eigenvalue weighted by Gasteiger charge is 2.17. The zero-order valence-corrected chi connectivity index (χ0v) is 12.4. The van der Waals surface area contributed by atoms with Crippen LogP contribution in [0.25, 0.3) is 22.0 Å². The summed E-state index contributed by atoms with van der Waals surface area (Å²) in [5.74, 6) is -0.486. The molecule has 108 valence electrons. The van der Waals surface area contributed by atoms with Gasteiger partial charge < -0.3 is 4.98 Å². The Balaban J connectivity index is 2.37. The summed E-state index contributed by atoms with van der Waals surface area (Å²) in [6.45, 7) is 0. The molecule has 0 spiro atoms. The molecule has 0 saturated heterocycles. The molecule has 0 saturated carbocycles. The number of fused-ring (bicyclic) bond motifs is 1. The number of nitrogens with zero attached hydrogens (tertiary/aromatic N) is 2. The molecule has 1 heterocycles. The highest BCUT2D eigenvalue weighted by atomic mass is 32.2. The van der Waals surface area contributed by atoms with Gasteiger partial charge in [0.2, 0.25) is 0 Å². The molecule has 0 atom stereocenters. The molecule has 0 bridgehead atoms. The third kappa shape index (κ3) is 2.26. The van der Waals surface area contributed by atoms with Crippen LogP contribution in [0.2, 0.25) is 0 Å². The van der Waals surface area contributed by atoms with Crippen LogP contribution in [-0.2, 0) is 0 Å². The predicted octanol–water partition coefficient (Wildman–Crippen LogP) is 3.32. The summed E-state index contributed by atoms with van der Waals surface area (Å²) in [5.41, 5.74) is -0.535. The van der Waals surface area contributed by atoms with Crippen molar-refractivity contribution >= 4 is 22.5 Å². The van der Waals surface area contributed by atoms with Crippen LogP contribution in [0.1, 0.15) is 5.56 Å². The fourth-order valence-electron chi connectivity index (χ4n) is 2.26. The summed E-state index contributed by atoms with van der Waals surface area (Å²) in [6, 6.07) is 12.1. The van der Waals surface area contributed by atoms with E-state index in [1.54, 1.807) is 42.7 Å². The fraction of sp³-hybridized carbons (Fsp3) is 0.0625. The molecule has 4 nitrogen and oxygen atoms in total. The number of rotatable bonds is 2. The quantitative estimate of drug-likeness (QED) is 0.582. The Labute approximate surface area is 129 Å². The first-order valence-corrected chi connectivity index (χ1v) is 7.64. The molecule has 0 radical (unpaired) electrons. The summed E-state index contributed by atoms with van der Waals surface area (Å²) >= 11 is 1.22. The SMILES string of the molecule is CSc1nc(-c2ccc3ccccc3c2F)c(C#N)c(=O)[nH]1. The summed E-state index contributed by atoms with van der Waals surface area (Å²) in [4.78, 5) is 18.6. The van der Waals surface area contributed by atoms with Crippen LogP contribution in [0.4, 0.5) is 4.39 Å². The topological polar surface area (TPSA) is 69.5 Å². The zero-order valence-electron chi connectivity index (χ0n) is 11.6. The molecule has 6 heteroatoms. The highest BCUT2D eigenvalue weighted by Crippen LogP contribution is 2.29. The molecule has 1 aromatic heterocycles. The minimum atomic E-state index is -0.565. The Morgan fingerprint density at radius 2 is 2.05 bits per heavy atom. The number of thioether (sulfide) groups is 1. The second-order valence-electron chi connectivity index (χ2n) is 4.56. The maximum Gasteiger partial charge on any atom is 0.270 e. The predicted molar refractivity (Wildman–Crippen MR) is 84.3 cm³/mol. The molecule has 0 fully saturated rings. The number of hydrogen-bond donors (Lipinski definition) is 1. The maximum absolute atomic E-state index is 14.8. The molecular weight excluding hydrogens is 301 g/mol. The Bertz CT molecular complexity index is 975. The number of aromatic nitrogens is 2. The first kappa shape index (κ1) is 14.3. The average molecular weight is 311 g/mol. The Morgan fingerprint density at radius 3 is 2.77 bits per heavy atom. The van der Waals surface area contributed by atoms with E-state index in [9.17, 15) is 14.4 Å². The van der Waals surface area contributed by atoms with Gasteiger partial charge in [-0.05, 0) is 17.7 Å². The van der Waals surface area contributed by atoms with Crippen molar-refractivity contribution in [3.05, 3.63) is 58.1 Å². The number of H-pyrrole nitrogens is 1. The van der Waals surface area contributed by atoms with Crippen LogP contribution in [0.3, 0.4) is 0 Å². The second kappa shape index (κ2) is 5.62. The van der Waals surface area contributed by atoms with E-state index in [0.717, 1.165) is 5.39 Å². The molecule has 0 aliphatic carbocycles. The molecule has 0 aliphatic heterocycles. The number of benzene rings is 2. The largest absolute Gasteiger partial charge is 0.300 e. The first-order valence-electron chi connectivity index (χ1n) is 6.41. The van der Waals surface area contributed by atoms with Crippen molar-refractivity contribution in [3.63, 3.8) is 0 Å². The van der Waals surface area contributed by atoms with Gasteiger partial charge in [-0.2, -0.15) is 5.26 Å².